The van der Waals surface area contributed by atoms with Crippen LogP contribution in [0.15, 0.2) is 41.3 Å². The molecule has 0 spiro atoms. The van der Waals surface area contributed by atoms with Crippen LogP contribution in [0.5, 0.6) is 11.5 Å². The third-order valence-electron chi connectivity index (χ3n) is 2.78. The van der Waals surface area contributed by atoms with Crippen molar-refractivity contribution >= 4 is 15.7 Å². The van der Waals surface area contributed by atoms with Gasteiger partial charge in [0.1, 0.15) is 11.6 Å². The molecule has 0 amide bonds. The maximum atomic E-state index is 13.1. The van der Waals surface area contributed by atoms with Crippen molar-refractivity contribution < 1.29 is 26.7 Å². The van der Waals surface area contributed by atoms with Crippen LogP contribution in [0.3, 0.4) is 0 Å². The van der Waals surface area contributed by atoms with E-state index >= 15 is 0 Å². The van der Waals surface area contributed by atoms with Crippen molar-refractivity contribution in [2.75, 3.05) is 18.9 Å². The summed E-state index contributed by atoms with van der Waals surface area (Å²) in [6.45, 7) is 0. The molecule has 0 bridgehead atoms. The van der Waals surface area contributed by atoms with Crippen LogP contribution in [0.4, 0.5) is 14.5 Å². The molecule has 0 radical (unpaired) electrons. The smallest absolute Gasteiger partial charge is 0.262 e. The number of nitrogens with one attached hydrogen (secondary N) is 1. The molecule has 2 aromatic carbocycles. The van der Waals surface area contributed by atoms with Gasteiger partial charge in [0, 0.05) is 12.1 Å². The van der Waals surface area contributed by atoms with Gasteiger partial charge < -0.3 is 9.47 Å². The van der Waals surface area contributed by atoms with Crippen molar-refractivity contribution in [1.29, 1.82) is 0 Å². The number of hydrogen-bond acceptors (Lipinski definition) is 4. The summed E-state index contributed by atoms with van der Waals surface area (Å²) >= 11 is 0. The van der Waals surface area contributed by atoms with Crippen molar-refractivity contribution in [1.82, 2.24) is 0 Å². The fourth-order valence-electron chi connectivity index (χ4n) is 1.80. The summed E-state index contributed by atoms with van der Waals surface area (Å²) in [5, 5.41) is 0. The number of hydrogen-bond donors (Lipinski definition) is 1. The van der Waals surface area contributed by atoms with Crippen molar-refractivity contribution in [3.8, 4) is 11.5 Å². The molecule has 0 atom stereocenters. The highest BCUT2D eigenvalue weighted by Gasteiger charge is 2.17. The van der Waals surface area contributed by atoms with Gasteiger partial charge in [0.05, 0.1) is 24.8 Å². The minimum Gasteiger partial charge on any atom is -0.493 e. The summed E-state index contributed by atoms with van der Waals surface area (Å²) in [6, 6.07) is 6.39. The zero-order chi connectivity index (χ0) is 16.3. The fraction of sp³-hybridized carbons (Fsp3) is 0.143. The highest BCUT2D eigenvalue weighted by molar-refractivity contribution is 7.92. The monoisotopic (exact) mass is 329 g/mol. The van der Waals surface area contributed by atoms with E-state index < -0.39 is 26.6 Å². The lowest BCUT2D eigenvalue weighted by Gasteiger charge is -2.12. The Kier molecular flexibility index (Phi) is 4.51. The van der Waals surface area contributed by atoms with Crippen molar-refractivity contribution in [2.24, 2.45) is 0 Å². The van der Waals surface area contributed by atoms with Crippen LogP contribution >= 0.6 is 0 Å². The van der Waals surface area contributed by atoms with Crippen molar-refractivity contribution in [2.45, 2.75) is 4.90 Å². The second-order valence-electron chi connectivity index (χ2n) is 4.28. The number of rotatable bonds is 5. The molecule has 2 aromatic rings. The highest BCUT2D eigenvalue weighted by atomic mass is 32.2. The van der Waals surface area contributed by atoms with E-state index in [1.165, 1.54) is 32.4 Å². The van der Waals surface area contributed by atoms with Crippen LogP contribution < -0.4 is 14.2 Å². The third kappa shape index (κ3) is 3.45. The summed E-state index contributed by atoms with van der Waals surface area (Å²) in [5.41, 5.74) is 0.169. The Hall–Kier alpha value is -2.35. The molecule has 2 rings (SSSR count). The first-order valence-electron chi connectivity index (χ1n) is 6.06. The van der Waals surface area contributed by atoms with Gasteiger partial charge >= 0.3 is 0 Å². The van der Waals surface area contributed by atoms with E-state index in [1.807, 2.05) is 0 Å². The molecule has 0 aliphatic rings. The number of halogens is 2. The molecule has 22 heavy (non-hydrogen) atoms. The van der Waals surface area contributed by atoms with Crippen LogP contribution in [0, 0.1) is 11.6 Å². The Balaban J connectivity index is 2.36. The van der Waals surface area contributed by atoms with Crippen LogP contribution in [0.25, 0.3) is 0 Å². The molecular formula is C14H13F2NO4S. The standard InChI is InChI=1S/C14H13F2NO4S/c1-20-13-4-3-11(8-14(13)21-2)17-22(18,19)12-6-9(15)5-10(16)7-12/h3-8,17H,1-2H3. The summed E-state index contributed by atoms with van der Waals surface area (Å²) in [4.78, 5) is -0.514. The van der Waals surface area contributed by atoms with Gasteiger partial charge in [0.2, 0.25) is 0 Å². The molecule has 0 aliphatic carbocycles. The van der Waals surface area contributed by atoms with E-state index in [9.17, 15) is 17.2 Å². The average molecular weight is 329 g/mol. The third-order valence-corrected chi connectivity index (χ3v) is 4.14. The van der Waals surface area contributed by atoms with Crippen molar-refractivity contribution in [3.05, 3.63) is 48.0 Å². The zero-order valence-electron chi connectivity index (χ0n) is 11.8. The molecule has 0 heterocycles. The molecule has 1 N–H and O–H groups in total. The summed E-state index contributed by atoms with van der Waals surface area (Å²) in [5.74, 6) is -1.23. The lowest BCUT2D eigenvalue weighted by molar-refractivity contribution is 0.355. The van der Waals surface area contributed by atoms with Crippen LogP contribution in [0.1, 0.15) is 0 Å². The predicted molar refractivity (Wildman–Crippen MR) is 76.7 cm³/mol. The second-order valence-corrected chi connectivity index (χ2v) is 5.96. The summed E-state index contributed by atoms with van der Waals surface area (Å²) < 4.78 is 62.9. The van der Waals surface area contributed by atoms with Gasteiger partial charge in [-0.25, -0.2) is 17.2 Å². The van der Waals surface area contributed by atoms with Gasteiger partial charge in [-0.1, -0.05) is 0 Å². The van der Waals surface area contributed by atoms with Crippen LogP contribution in [0.2, 0.25) is 0 Å². The first kappa shape index (κ1) is 16.0. The lowest BCUT2D eigenvalue weighted by Crippen LogP contribution is -2.13. The van der Waals surface area contributed by atoms with Gasteiger partial charge in [-0.3, -0.25) is 4.72 Å². The average Bonchev–Trinajstić information content (AvgIpc) is 2.45. The quantitative estimate of drug-likeness (QED) is 0.916. The first-order chi connectivity index (χ1) is 10.4. The maximum Gasteiger partial charge on any atom is 0.262 e. The van der Waals surface area contributed by atoms with E-state index in [0.29, 0.717) is 17.6 Å². The summed E-state index contributed by atoms with van der Waals surface area (Å²) in [7, 11) is -1.29. The Morgan fingerprint density at radius 3 is 2.05 bits per heavy atom. The molecule has 5 nitrogen and oxygen atoms in total. The molecule has 0 fully saturated rings. The zero-order valence-corrected chi connectivity index (χ0v) is 12.6. The van der Waals surface area contributed by atoms with Crippen LogP contribution in [-0.2, 0) is 10.0 Å². The molecule has 0 saturated heterocycles. The minimum absolute atomic E-state index is 0.169. The van der Waals surface area contributed by atoms with E-state index in [4.69, 9.17) is 9.47 Å². The number of anilines is 1. The van der Waals surface area contributed by atoms with Gasteiger partial charge in [-0.2, -0.15) is 0 Å². The predicted octanol–water partition coefficient (Wildman–Crippen LogP) is 2.78. The molecule has 118 valence electrons. The van der Waals surface area contributed by atoms with Crippen molar-refractivity contribution in [3.63, 3.8) is 0 Å². The SMILES string of the molecule is COc1ccc(NS(=O)(=O)c2cc(F)cc(F)c2)cc1OC. The molecular weight excluding hydrogens is 316 g/mol. The van der Waals surface area contributed by atoms with E-state index in [0.717, 1.165) is 12.1 Å². The topological polar surface area (TPSA) is 64.6 Å². The number of benzene rings is 2. The molecule has 8 heteroatoms. The number of methoxy groups -OCH3 is 2. The lowest BCUT2D eigenvalue weighted by atomic mass is 10.3. The molecule has 0 aromatic heterocycles. The molecule has 0 unspecified atom stereocenters. The highest BCUT2D eigenvalue weighted by Crippen LogP contribution is 2.30. The molecule has 0 aliphatic heterocycles. The van der Waals surface area contributed by atoms with Gasteiger partial charge in [0.15, 0.2) is 11.5 Å². The van der Waals surface area contributed by atoms with Crippen LogP contribution in [-0.4, -0.2) is 22.6 Å². The largest absolute Gasteiger partial charge is 0.493 e. The van der Waals surface area contributed by atoms with Gasteiger partial charge in [0.25, 0.3) is 10.0 Å². The Bertz CT molecular complexity index is 773. The second kappa shape index (κ2) is 6.18. The fourth-order valence-corrected chi connectivity index (χ4v) is 2.89. The van der Waals surface area contributed by atoms with E-state index in [1.54, 1.807) is 0 Å². The number of ether oxygens (including phenoxy) is 2. The first-order valence-corrected chi connectivity index (χ1v) is 7.55. The summed E-state index contributed by atoms with van der Waals surface area (Å²) in [6.07, 6.45) is 0. The Morgan fingerprint density at radius 2 is 1.50 bits per heavy atom. The van der Waals surface area contributed by atoms with E-state index in [-0.39, 0.29) is 5.69 Å². The van der Waals surface area contributed by atoms with Gasteiger partial charge in [-0.15, -0.1) is 0 Å². The normalized spacial score (nSPS) is 11.1. The molecule has 0 saturated carbocycles. The Morgan fingerprint density at radius 1 is 0.909 bits per heavy atom. The minimum atomic E-state index is -4.13. The number of sulfonamides is 1. The van der Waals surface area contributed by atoms with Gasteiger partial charge in [-0.05, 0) is 24.3 Å². The Labute approximate surface area is 126 Å². The van der Waals surface area contributed by atoms with E-state index in [2.05, 4.69) is 4.72 Å². The maximum absolute atomic E-state index is 13.1.